The number of nitrogens with one attached hydrogen (secondary N) is 2. The van der Waals surface area contributed by atoms with E-state index in [-0.39, 0.29) is 53.4 Å². The number of phenolic OH excluding ortho intramolecular Hbond substituents is 1. The molecule has 0 unspecified atom stereocenters. The van der Waals surface area contributed by atoms with E-state index >= 15 is 0 Å². The number of rotatable bonds is 12. The standard InChI is InChI=1S/C53H74N2O10/c1-3-63-21-4-19-55-36-8-11-37-35(24-36)6-10-39-43(57)14-18-53(61)17-13-31(28-53)16-22-64-45-12-7-33(25-40(45)48(37)39)34-5-9-38-44(58)27-47(65-46(38)26-34)49-41(23-32-15-20-54-29-32)52(62-2)51(60)50(59)42(49)30-56/h7-8,11-12,15,20,25,29,31,34-39,43-44,46-48,54-61H,3-6,9-10,13-14,16-19,21-24,26-28,30H2,1-2H3/t31-,34+,35+,36-,37-,38-,39-,43+,44+,46+,47+,48+,53-/m1/s1. The van der Waals surface area contributed by atoms with Gasteiger partial charge in [0.1, 0.15) is 5.75 Å². The van der Waals surface area contributed by atoms with Crippen molar-refractivity contribution < 1.29 is 49.6 Å². The number of phenols is 2. The van der Waals surface area contributed by atoms with Crippen LogP contribution < -0.4 is 14.8 Å². The van der Waals surface area contributed by atoms with E-state index in [4.69, 9.17) is 18.9 Å². The van der Waals surface area contributed by atoms with Crippen molar-refractivity contribution in [3.05, 3.63) is 82.2 Å². The number of fused-ring (bicyclic) bond motifs is 8. The van der Waals surface area contributed by atoms with E-state index in [0.29, 0.717) is 61.3 Å². The van der Waals surface area contributed by atoms with Crippen molar-refractivity contribution in [2.45, 2.75) is 158 Å². The number of aliphatic hydroxyl groups is 4. The number of ether oxygens (including phenoxy) is 4. The van der Waals surface area contributed by atoms with Gasteiger partial charge in [-0.1, -0.05) is 24.3 Å². The quantitative estimate of drug-likeness (QED) is 0.0504. The minimum absolute atomic E-state index is 0.0176. The number of aromatic hydroxyl groups is 2. The summed E-state index contributed by atoms with van der Waals surface area (Å²) in [6.45, 7) is 4.50. The highest BCUT2D eigenvalue weighted by molar-refractivity contribution is 5.64. The summed E-state index contributed by atoms with van der Waals surface area (Å²) in [6, 6.07) is 9.02. The molecule has 6 aliphatic rings. The zero-order valence-corrected chi connectivity index (χ0v) is 38.5. The zero-order valence-electron chi connectivity index (χ0n) is 38.5. The lowest BCUT2D eigenvalue weighted by atomic mass is 9.59. The van der Waals surface area contributed by atoms with Gasteiger partial charge in [0.25, 0.3) is 0 Å². The Bertz CT molecular complexity index is 2090. The highest BCUT2D eigenvalue weighted by Crippen LogP contribution is 2.56. The van der Waals surface area contributed by atoms with Crippen LogP contribution >= 0.6 is 0 Å². The van der Waals surface area contributed by atoms with Gasteiger partial charge >= 0.3 is 0 Å². The number of aliphatic hydroxyl groups excluding tert-OH is 3. The van der Waals surface area contributed by atoms with Crippen molar-refractivity contribution in [3.8, 4) is 23.0 Å². The summed E-state index contributed by atoms with van der Waals surface area (Å²) < 4.78 is 25.2. The monoisotopic (exact) mass is 899 g/mol. The second-order valence-corrected chi connectivity index (χ2v) is 20.5. The molecule has 2 bridgehead atoms. The fraction of sp³-hybridized carbons (Fsp3) is 0.660. The van der Waals surface area contributed by atoms with Gasteiger partial charge in [0.15, 0.2) is 11.5 Å². The van der Waals surface area contributed by atoms with Crippen molar-refractivity contribution in [1.82, 2.24) is 10.3 Å². The van der Waals surface area contributed by atoms with Gasteiger partial charge in [-0.25, -0.2) is 0 Å². The molecule has 4 fully saturated rings. The summed E-state index contributed by atoms with van der Waals surface area (Å²) in [5.41, 5.74) is 3.93. The van der Waals surface area contributed by atoms with Crippen molar-refractivity contribution >= 4 is 0 Å². The van der Waals surface area contributed by atoms with Crippen LogP contribution in [0.25, 0.3) is 0 Å². The molecule has 3 saturated carbocycles. The number of H-pyrrole nitrogens is 1. The van der Waals surface area contributed by atoms with Gasteiger partial charge in [-0.15, -0.1) is 0 Å². The van der Waals surface area contributed by atoms with Crippen LogP contribution in [-0.4, -0.2) is 99.1 Å². The third kappa shape index (κ3) is 9.74. The Hall–Kier alpha value is -3.62. The molecule has 12 heteroatoms. The molecule has 0 radical (unpaired) electrons. The molecular formula is C53H74N2O10. The molecule has 9 rings (SSSR count). The van der Waals surface area contributed by atoms with Crippen LogP contribution in [0, 0.1) is 29.6 Å². The molecule has 0 spiro atoms. The molecule has 12 nitrogen and oxygen atoms in total. The number of aromatic amines is 1. The molecular weight excluding hydrogens is 825 g/mol. The lowest BCUT2D eigenvalue weighted by molar-refractivity contribution is -0.154. The fourth-order valence-electron chi connectivity index (χ4n) is 13.4. The molecule has 0 amide bonds. The predicted octanol–water partition coefficient (Wildman–Crippen LogP) is 7.82. The molecule has 356 valence electrons. The minimum Gasteiger partial charge on any atom is -0.504 e. The highest BCUT2D eigenvalue weighted by atomic mass is 16.5. The SMILES string of the molecule is CCOCCCN[C@@H]1C=C[C@@H]2[C@@H](CC[C@H]3[C@H]2c2cc([C@H]4CC[C@H]5[C@H](C4)O[C@H](c4c(CO)c(O)c(O)c(OC)c4Cc4cc[nH]c4)C[C@@H]5O)ccc2OCC[C@H]2CC[C@@](O)(CC[C@@H]3O)C2)C1. The third-order valence-electron chi connectivity index (χ3n) is 16.7. The van der Waals surface area contributed by atoms with E-state index in [2.05, 4.69) is 40.7 Å². The van der Waals surface area contributed by atoms with Gasteiger partial charge in [-0.3, -0.25) is 0 Å². The van der Waals surface area contributed by atoms with Crippen LogP contribution in [0.4, 0.5) is 0 Å². The van der Waals surface area contributed by atoms with Crippen molar-refractivity contribution in [3.63, 3.8) is 0 Å². The van der Waals surface area contributed by atoms with Crippen LogP contribution in [0.1, 0.15) is 148 Å². The zero-order chi connectivity index (χ0) is 45.2. The van der Waals surface area contributed by atoms with Crippen LogP contribution in [0.3, 0.4) is 0 Å². The Balaban J connectivity index is 1.03. The van der Waals surface area contributed by atoms with Gasteiger partial charge < -0.3 is 59.9 Å². The molecule has 8 N–H and O–H groups in total. The Morgan fingerprint density at radius 2 is 1.75 bits per heavy atom. The number of benzene rings is 2. The number of methoxy groups -OCH3 is 1. The number of hydrogen-bond acceptors (Lipinski definition) is 11. The van der Waals surface area contributed by atoms with E-state index in [1.54, 1.807) is 0 Å². The second kappa shape index (κ2) is 20.3. The van der Waals surface area contributed by atoms with E-state index in [0.717, 1.165) is 95.3 Å². The smallest absolute Gasteiger partial charge is 0.201 e. The van der Waals surface area contributed by atoms with E-state index in [1.165, 1.54) is 18.2 Å². The normalized spacial score (nSPS) is 34.7. The third-order valence-corrected chi connectivity index (χ3v) is 16.7. The van der Waals surface area contributed by atoms with Crippen molar-refractivity contribution in [2.24, 2.45) is 29.6 Å². The first-order valence-corrected chi connectivity index (χ1v) is 24.9. The maximum Gasteiger partial charge on any atom is 0.201 e. The van der Waals surface area contributed by atoms with Gasteiger partial charge in [0.05, 0.1) is 50.3 Å². The fourth-order valence-corrected chi connectivity index (χ4v) is 13.4. The number of hydrogen-bond donors (Lipinski definition) is 8. The average molecular weight is 899 g/mol. The summed E-state index contributed by atoms with van der Waals surface area (Å²) in [5, 5.41) is 72.4. The number of allylic oxidation sites excluding steroid dienone is 1. The summed E-state index contributed by atoms with van der Waals surface area (Å²) in [7, 11) is 1.45. The number of aromatic nitrogens is 1. The summed E-state index contributed by atoms with van der Waals surface area (Å²) in [5.74, 6) is 1.38. The Kier molecular flexibility index (Phi) is 14.5. The predicted molar refractivity (Wildman–Crippen MR) is 247 cm³/mol. The van der Waals surface area contributed by atoms with Crippen LogP contribution in [0.15, 0.2) is 48.8 Å². The van der Waals surface area contributed by atoms with Crippen molar-refractivity contribution in [1.29, 1.82) is 0 Å². The molecule has 65 heavy (non-hydrogen) atoms. The van der Waals surface area contributed by atoms with Gasteiger partial charge in [-0.2, -0.15) is 0 Å². The Morgan fingerprint density at radius 3 is 2.55 bits per heavy atom. The van der Waals surface area contributed by atoms with Crippen LogP contribution in [0.2, 0.25) is 0 Å². The molecule has 13 atom stereocenters. The van der Waals surface area contributed by atoms with Gasteiger partial charge in [0.2, 0.25) is 5.75 Å². The minimum atomic E-state index is -0.719. The molecule has 2 aliphatic heterocycles. The van der Waals surface area contributed by atoms with Crippen LogP contribution in [0.5, 0.6) is 23.0 Å². The van der Waals surface area contributed by atoms with E-state index in [1.807, 2.05) is 25.4 Å². The molecule has 3 aromatic rings. The molecule has 1 saturated heterocycles. The Labute approximate surface area is 384 Å². The summed E-state index contributed by atoms with van der Waals surface area (Å²) >= 11 is 0. The van der Waals surface area contributed by atoms with Crippen LogP contribution in [-0.2, 0) is 22.5 Å². The molecule has 1 aromatic heterocycles. The maximum atomic E-state index is 12.2. The summed E-state index contributed by atoms with van der Waals surface area (Å²) in [6.07, 6.45) is 18.0. The lowest BCUT2D eigenvalue weighted by Gasteiger charge is -2.48. The largest absolute Gasteiger partial charge is 0.504 e. The first-order chi connectivity index (χ1) is 31.6. The first-order valence-electron chi connectivity index (χ1n) is 24.9. The highest BCUT2D eigenvalue weighted by Gasteiger charge is 2.48. The topological polar surface area (TPSA) is 186 Å². The van der Waals surface area contributed by atoms with E-state index in [9.17, 15) is 30.6 Å². The maximum absolute atomic E-state index is 12.2. The lowest BCUT2D eigenvalue weighted by Crippen LogP contribution is -2.45. The molecule has 3 heterocycles. The second-order valence-electron chi connectivity index (χ2n) is 20.5. The first kappa shape index (κ1) is 46.5. The van der Waals surface area contributed by atoms with Gasteiger partial charge in [0, 0.05) is 61.5 Å². The molecule has 2 aromatic carbocycles. The summed E-state index contributed by atoms with van der Waals surface area (Å²) in [4.78, 5) is 3.08. The molecule has 4 aliphatic carbocycles. The van der Waals surface area contributed by atoms with Gasteiger partial charge in [-0.05, 0) is 167 Å². The van der Waals surface area contributed by atoms with Crippen molar-refractivity contribution in [2.75, 3.05) is 33.5 Å². The Morgan fingerprint density at radius 1 is 0.908 bits per heavy atom. The average Bonchev–Trinajstić information content (AvgIpc) is 3.98. The van der Waals surface area contributed by atoms with E-state index < -0.39 is 42.0 Å².